The maximum absolute atomic E-state index is 11.9. The standard InChI is InChI=1S/C14H16N4O3/c1-9(2)21-14-10(4-3-5-15-14)7-16-13(20)11-6-12(19)18-8-17-11/h3-6,8-9H,7H2,1-2H3,(H,16,20)(H,17,18,19). The Labute approximate surface area is 121 Å². The quantitative estimate of drug-likeness (QED) is 0.851. The van der Waals surface area contributed by atoms with E-state index in [2.05, 4.69) is 20.3 Å². The topological polar surface area (TPSA) is 97.0 Å². The first-order chi connectivity index (χ1) is 10.1. The molecule has 2 aromatic heterocycles. The minimum Gasteiger partial charge on any atom is -0.475 e. The minimum atomic E-state index is -0.430. The third-order valence-corrected chi connectivity index (χ3v) is 2.55. The highest BCUT2D eigenvalue weighted by molar-refractivity contribution is 5.91. The fourth-order valence-corrected chi connectivity index (χ4v) is 1.65. The second-order valence-electron chi connectivity index (χ2n) is 4.61. The van der Waals surface area contributed by atoms with Crippen LogP contribution >= 0.6 is 0 Å². The van der Waals surface area contributed by atoms with Gasteiger partial charge in [-0.3, -0.25) is 9.59 Å². The summed E-state index contributed by atoms with van der Waals surface area (Å²) in [4.78, 5) is 33.4. The molecule has 0 aliphatic rings. The van der Waals surface area contributed by atoms with E-state index < -0.39 is 5.91 Å². The van der Waals surface area contributed by atoms with Gasteiger partial charge in [-0.25, -0.2) is 9.97 Å². The number of pyridine rings is 1. The molecule has 7 nitrogen and oxygen atoms in total. The van der Waals surface area contributed by atoms with Crippen molar-refractivity contribution < 1.29 is 9.53 Å². The first-order valence-electron chi connectivity index (χ1n) is 6.49. The SMILES string of the molecule is CC(C)Oc1ncccc1CNC(=O)c1cc(=O)[nH]cn1. The molecule has 0 radical (unpaired) electrons. The fraction of sp³-hybridized carbons (Fsp3) is 0.286. The van der Waals surface area contributed by atoms with Crippen molar-refractivity contribution in [2.24, 2.45) is 0 Å². The number of ether oxygens (including phenoxy) is 1. The van der Waals surface area contributed by atoms with Crippen molar-refractivity contribution in [3.63, 3.8) is 0 Å². The molecule has 0 aliphatic carbocycles. The first kappa shape index (κ1) is 14.7. The zero-order chi connectivity index (χ0) is 15.2. The molecular formula is C14H16N4O3. The maximum Gasteiger partial charge on any atom is 0.270 e. The van der Waals surface area contributed by atoms with E-state index in [1.807, 2.05) is 19.9 Å². The normalized spacial score (nSPS) is 10.4. The monoisotopic (exact) mass is 288 g/mol. The molecule has 0 spiro atoms. The second kappa shape index (κ2) is 6.65. The van der Waals surface area contributed by atoms with Crippen LogP contribution in [-0.4, -0.2) is 27.0 Å². The third-order valence-electron chi connectivity index (χ3n) is 2.55. The molecule has 0 atom stereocenters. The fourth-order valence-electron chi connectivity index (χ4n) is 1.65. The summed E-state index contributed by atoms with van der Waals surface area (Å²) in [5.41, 5.74) is 0.443. The smallest absolute Gasteiger partial charge is 0.270 e. The van der Waals surface area contributed by atoms with Crippen LogP contribution in [0.4, 0.5) is 0 Å². The number of aromatic amines is 1. The summed E-state index contributed by atoms with van der Waals surface area (Å²) in [5, 5.41) is 2.68. The summed E-state index contributed by atoms with van der Waals surface area (Å²) in [6.45, 7) is 4.04. The van der Waals surface area contributed by atoms with Gasteiger partial charge in [-0.1, -0.05) is 6.07 Å². The summed E-state index contributed by atoms with van der Waals surface area (Å²) in [7, 11) is 0. The summed E-state index contributed by atoms with van der Waals surface area (Å²) < 4.78 is 5.57. The molecule has 1 amide bonds. The molecule has 7 heteroatoms. The van der Waals surface area contributed by atoms with Gasteiger partial charge in [0.1, 0.15) is 5.69 Å². The van der Waals surface area contributed by atoms with E-state index in [0.29, 0.717) is 5.88 Å². The summed E-state index contributed by atoms with van der Waals surface area (Å²) >= 11 is 0. The van der Waals surface area contributed by atoms with E-state index in [4.69, 9.17) is 4.74 Å². The van der Waals surface area contributed by atoms with E-state index >= 15 is 0 Å². The maximum atomic E-state index is 11.9. The lowest BCUT2D eigenvalue weighted by Crippen LogP contribution is -2.26. The van der Waals surface area contributed by atoms with Gasteiger partial charge in [0, 0.05) is 24.4 Å². The van der Waals surface area contributed by atoms with Gasteiger partial charge in [0.2, 0.25) is 5.88 Å². The van der Waals surface area contributed by atoms with Crippen molar-refractivity contribution in [3.05, 3.63) is 52.3 Å². The van der Waals surface area contributed by atoms with Gasteiger partial charge in [0.25, 0.3) is 11.5 Å². The van der Waals surface area contributed by atoms with Crippen LogP contribution < -0.4 is 15.6 Å². The molecule has 2 rings (SSSR count). The highest BCUT2D eigenvalue weighted by Gasteiger charge is 2.11. The molecule has 2 aromatic rings. The van der Waals surface area contributed by atoms with Crippen molar-refractivity contribution in [1.82, 2.24) is 20.3 Å². The van der Waals surface area contributed by atoms with Crippen LogP contribution in [0.5, 0.6) is 5.88 Å². The molecule has 0 unspecified atom stereocenters. The number of hydrogen-bond donors (Lipinski definition) is 2. The lowest BCUT2D eigenvalue weighted by Gasteiger charge is -2.13. The number of H-pyrrole nitrogens is 1. The average Bonchev–Trinajstić information content (AvgIpc) is 2.45. The predicted molar refractivity (Wildman–Crippen MR) is 76.0 cm³/mol. The summed E-state index contributed by atoms with van der Waals surface area (Å²) in [5.74, 6) is 0.0483. The number of nitrogens with one attached hydrogen (secondary N) is 2. The molecule has 0 bridgehead atoms. The Morgan fingerprint density at radius 3 is 2.95 bits per heavy atom. The van der Waals surface area contributed by atoms with Gasteiger partial charge < -0.3 is 15.0 Å². The average molecular weight is 288 g/mol. The Hall–Kier alpha value is -2.70. The molecule has 2 heterocycles. The molecule has 0 aliphatic heterocycles. The summed E-state index contributed by atoms with van der Waals surface area (Å²) in [6, 6.07) is 4.72. The number of hydrogen-bond acceptors (Lipinski definition) is 5. The van der Waals surface area contributed by atoms with Crippen LogP contribution in [0.15, 0.2) is 35.5 Å². The number of nitrogens with zero attached hydrogens (tertiary/aromatic N) is 2. The van der Waals surface area contributed by atoms with Gasteiger partial charge >= 0.3 is 0 Å². The molecule has 0 saturated heterocycles. The number of carbonyl (C=O) groups excluding carboxylic acids is 1. The zero-order valence-electron chi connectivity index (χ0n) is 11.8. The highest BCUT2D eigenvalue weighted by Crippen LogP contribution is 2.15. The molecule has 0 saturated carbocycles. The number of aromatic nitrogens is 3. The predicted octanol–water partition coefficient (Wildman–Crippen LogP) is 0.882. The van der Waals surface area contributed by atoms with Gasteiger partial charge in [-0.15, -0.1) is 0 Å². The zero-order valence-corrected chi connectivity index (χ0v) is 11.8. The van der Waals surface area contributed by atoms with Crippen molar-refractivity contribution in [3.8, 4) is 5.88 Å². The van der Waals surface area contributed by atoms with Crippen molar-refractivity contribution in [2.45, 2.75) is 26.5 Å². The summed E-state index contributed by atoms with van der Waals surface area (Å²) in [6.07, 6.45) is 2.80. The van der Waals surface area contributed by atoms with Gasteiger partial charge in [-0.05, 0) is 19.9 Å². The van der Waals surface area contributed by atoms with Crippen LogP contribution in [0, 0.1) is 0 Å². The largest absolute Gasteiger partial charge is 0.475 e. The number of amides is 1. The lowest BCUT2D eigenvalue weighted by atomic mass is 10.2. The lowest BCUT2D eigenvalue weighted by molar-refractivity contribution is 0.0945. The van der Waals surface area contributed by atoms with Crippen LogP contribution in [0.1, 0.15) is 29.9 Å². The Morgan fingerprint density at radius 1 is 1.43 bits per heavy atom. The Bertz CT molecular complexity index is 682. The van der Waals surface area contributed by atoms with Crippen LogP contribution in [-0.2, 0) is 6.54 Å². The molecule has 0 aromatic carbocycles. The highest BCUT2D eigenvalue weighted by atomic mass is 16.5. The van der Waals surface area contributed by atoms with Crippen molar-refractivity contribution in [2.75, 3.05) is 0 Å². The van der Waals surface area contributed by atoms with E-state index in [1.54, 1.807) is 12.3 Å². The van der Waals surface area contributed by atoms with E-state index in [9.17, 15) is 9.59 Å². The first-order valence-corrected chi connectivity index (χ1v) is 6.49. The van der Waals surface area contributed by atoms with Gasteiger partial charge in [0.05, 0.1) is 12.4 Å². The molecule has 2 N–H and O–H groups in total. The second-order valence-corrected chi connectivity index (χ2v) is 4.61. The third kappa shape index (κ3) is 4.13. The number of carbonyl (C=O) groups is 1. The molecule has 21 heavy (non-hydrogen) atoms. The van der Waals surface area contributed by atoms with Crippen LogP contribution in [0.3, 0.4) is 0 Å². The molecular weight excluding hydrogens is 272 g/mol. The van der Waals surface area contributed by atoms with Crippen LogP contribution in [0.25, 0.3) is 0 Å². The minimum absolute atomic E-state index is 0.0105. The van der Waals surface area contributed by atoms with E-state index in [0.717, 1.165) is 11.6 Å². The van der Waals surface area contributed by atoms with E-state index in [-0.39, 0.29) is 23.9 Å². The van der Waals surface area contributed by atoms with Gasteiger partial charge in [0.15, 0.2) is 0 Å². The Morgan fingerprint density at radius 2 is 2.24 bits per heavy atom. The van der Waals surface area contributed by atoms with Gasteiger partial charge in [-0.2, -0.15) is 0 Å². The Balaban J connectivity index is 2.06. The van der Waals surface area contributed by atoms with Crippen molar-refractivity contribution >= 4 is 5.91 Å². The molecule has 0 fully saturated rings. The van der Waals surface area contributed by atoms with E-state index in [1.165, 1.54) is 6.33 Å². The van der Waals surface area contributed by atoms with Crippen molar-refractivity contribution in [1.29, 1.82) is 0 Å². The number of rotatable bonds is 5. The van der Waals surface area contributed by atoms with Crippen LogP contribution in [0.2, 0.25) is 0 Å². The molecule has 110 valence electrons. The Kier molecular flexibility index (Phi) is 4.65.